The van der Waals surface area contributed by atoms with Crippen molar-refractivity contribution in [3.05, 3.63) is 65.1 Å². The Bertz CT molecular complexity index is 599. The molecule has 0 saturated heterocycles. The van der Waals surface area contributed by atoms with Crippen LogP contribution >= 0.6 is 11.3 Å². The Hall–Kier alpha value is -2.07. The molecule has 2 heterocycles. The van der Waals surface area contributed by atoms with Crippen LogP contribution in [0.4, 0.5) is 5.95 Å². The van der Waals surface area contributed by atoms with Crippen molar-refractivity contribution < 1.29 is 0 Å². The van der Waals surface area contributed by atoms with Crippen LogP contribution in [0.15, 0.2) is 59.6 Å². The quantitative estimate of drug-likeness (QED) is 0.772. The van der Waals surface area contributed by atoms with Gasteiger partial charge in [-0.05, 0) is 34.5 Å². The summed E-state index contributed by atoms with van der Waals surface area (Å²) < 4.78 is 2.05. The van der Waals surface area contributed by atoms with Gasteiger partial charge in [0.1, 0.15) is 0 Å². The first-order valence-electron chi connectivity index (χ1n) is 5.77. The number of nitrogens with zero attached hydrogens (tertiary/aromatic N) is 2. The Kier molecular flexibility index (Phi) is 3.10. The molecule has 0 radical (unpaired) electrons. The maximum Gasteiger partial charge on any atom is 0.207 e. The number of anilines is 1. The normalized spacial score (nSPS) is 10.4. The number of imidazole rings is 1. The van der Waals surface area contributed by atoms with E-state index in [1.165, 1.54) is 5.56 Å². The topological polar surface area (TPSA) is 29.9 Å². The first-order chi connectivity index (χ1) is 8.93. The number of para-hydroxylation sites is 1. The summed E-state index contributed by atoms with van der Waals surface area (Å²) in [7, 11) is 0. The van der Waals surface area contributed by atoms with Crippen molar-refractivity contribution >= 4 is 17.3 Å². The van der Waals surface area contributed by atoms with Crippen LogP contribution < -0.4 is 5.32 Å². The molecule has 1 N–H and O–H groups in total. The molecule has 0 saturated carbocycles. The Balaban J connectivity index is 1.80. The van der Waals surface area contributed by atoms with E-state index in [-0.39, 0.29) is 0 Å². The molecule has 3 rings (SSSR count). The number of aromatic nitrogens is 2. The van der Waals surface area contributed by atoms with E-state index < -0.39 is 0 Å². The third-order valence-corrected chi connectivity index (χ3v) is 3.44. The molecule has 90 valence electrons. The summed E-state index contributed by atoms with van der Waals surface area (Å²) >= 11 is 1.71. The molecule has 0 aliphatic carbocycles. The van der Waals surface area contributed by atoms with Crippen LogP contribution in [0.25, 0.3) is 5.69 Å². The van der Waals surface area contributed by atoms with Crippen LogP contribution in [0.5, 0.6) is 0 Å². The van der Waals surface area contributed by atoms with E-state index in [1.807, 2.05) is 35.2 Å². The summed E-state index contributed by atoms with van der Waals surface area (Å²) in [5.41, 5.74) is 2.39. The van der Waals surface area contributed by atoms with E-state index >= 15 is 0 Å². The van der Waals surface area contributed by atoms with Gasteiger partial charge in [-0.3, -0.25) is 4.57 Å². The van der Waals surface area contributed by atoms with Crippen LogP contribution in [0.1, 0.15) is 5.56 Å². The van der Waals surface area contributed by atoms with Crippen LogP contribution in [0, 0.1) is 0 Å². The van der Waals surface area contributed by atoms with Crippen molar-refractivity contribution in [3.8, 4) is 5.69 Å². The zero-order chi connectivity index (χ0) is 12.2. The molecule has 0 unspecified atom stereocenters. The molecule has 0 amide bonds. The van der Waals surface area contributed by atoms with Gasteiger partial charge in [0.25, 0.3) is 0 Å². The van der Waals surface area contributed by atoms with E-state index in [0.29, 0.717) is 0 Å². The lowest BCUT2D eigenvalue weighted by atomic mass is 10.3. The molecule has 4 heteroatoms. The van der Waals surface area contributed by atoms with Gasteiger partial charge in [-0.1, -0.05) is 18.2 Å². The second-order valence-electron chi connectivity index (χ2n) is 3.94. The Labute approximate surface area is 110 Å². The molecule has 0 bridgehead atoms. The highest BCUT2D eigenvalue weighted by atomic mass is 32.1. The summed E-state index contributed by atoms with van der Waals surface area (Å²) in [6.07, 6.45) is 3.77. The highest BCUT2D eigenvalue weighted by molar-refractivity contribution is 7.07. The van der Waals surface area contributed by atoms with Gasteiger partial charge in [0.2, 0.25) is 5.95 Å². The molecule has 18 heavy (non-hydrogen) atoms. The maximum absolute atomic E-state index is 4.35. The van der Waals surface area contributed by atoms with Gasteiger partial charge >= 0.3 is 0 Å². The number of hydrogen-bond donors (Lipinski definition) is 1. The monoisotopic (exact) mass is 255 g/mol. The lowest BCUT2D eigenvalue weighted by molar-refractivity contribution is 1.01. The van der Waals surface area contributed by atoms with Crippen molar-refractivity contribution in [1.29, 1.82) is 0 Å². The molecule has 0 spiro atoms. The molecular weight excluding hydrogens is 242 g/mol. The van der Waals surface area contributed by atoms with E-state index in [4.69, 9.17) is 0 Å². The Morgan fingerprint density at radius 3 is 2.83 bits per heavy atom. The fourth-order valence-electron chi connectivity index (χ4n) is 1.81. The predicted molar refractivity (Wildman–Crippen MR) is 75.2 cm³/mol. The molecule has 3 aromatic rings. The van der Waals surface area contributed by atoms with Gasteiger partial charge in [-0.15, -0.1) is 0 Å². The van der Waals surface area contributed by atoms with Crippen molar-refractivity contribution in [2.45, 2.75) is 6.54 Å². The fraction of sp³-hybridized carbons (Fsp3) is 0.0714. The summed E-state index contributed by atoms with van der Waals surface area (Å²) in [4.78, 5) is 4.35. The molecule has 0 fully saturated rings. The van der Waals surface area contributed by atoms with Gasteiger partial charge in [-0.2, -0.15) is 11.3 Å². The van der Waals surface area contributed by atoms with Crippen molar-refractivity contribution in [1.82, 2.24) is 9.55 Å². The van der Waals surface area contributed by atoms with E-state index in [2.05, 4.69) is 39.3 Å². The largest absolute Gasteiger partial charge is 0.351 e. The van der Waals surface area contributed by atoms with Crippen molar-refractivity contribution in [2.75, 3.05) is 5.32 Å². The lowest BCUT2D eigenvalue weighted by Crippen LogP contribution is -2.05. The zero-order valence-corrected chi connectivity index (χ0v) is 10.6. The highest BCUT2D eigenvalue weighted by Crippen LogP contribution is 2.15. The van der Waals surface area contributed by atoms with Gasteiger partial charge < -0.3 is 5.32 Å². The summed E-state index contributed by atoms with van der Waals surface area (Å²) in [6, 6.07) is 12.3. The minimum Gasteiger partial charge on any atom is -0.351 e. The van der Waals surface area contributed by atoms with Gasteiger partial charge in [0.15, 0.2) is 0 Å². The highest BCUT2D eigenvalue weighted by Gasteiger charge is 2.03. The predicted octanol–water partition coefficient (Wildman–Crippen LogP) is 3.55. The first kappa shape index (κ1) is 11.0. The van der Waals surface area contributed by atoms with Crippen LogP contribution in [0.3, 0.4) is 0 Å². The molecule has 0 atom stereocenters. The van der Waals surface area contributed by atoms with E-state index in [9.17, 15) is 0 Å². The average Bonchev–Trinajstić information content (AvgIpc) is 3.09. The minimum atomic E-state index is 0.799. The summed E-state index contributed by atoms with van der Waals surface area (Å²) in [6.45, 7) is 0.799. The Morgan fingerprint density at radius 1 is 1.17 bits per heavy atom. The number of benzene rings is 1. The van der Waals surface area contributed by atoms with Crippen LogP contribution in [0.2, 0.25) is 0 Å². The fourth-order valence-corrected chi connectivity index (χ4v) is 2.47. The summed E-state index contributed by atoms with van der Waals surface area (Å²) in [5, 5.41) is 7.58. The molecular formula is C14H13N3S. The molecule has 2 aromatic heterocycles. The molecule has 0 aliphatic heterocycles. The third kappa shape index (κ3) is 2.28. The van der Waals surface area contributed by atoms with Gasteiger partial charge in [-0.25, -0.2) is 4.98 Å². The van der Waals surface area contributed by atoms with Crippen molar-refractivity contribution in [2.24, 2.45) is 0 Å². The van der Waals surface area contributed by atoms with E-state index in [0.717, 1.165) is 18.2 Å². The second-order valence-corrected chi connectivity index (χ2v) is 4.72. The number of thiophene rings is 1. The third-order valence-electron chi connectivity index (χ3n) is 2.71. The Morgan fingerprint density at radius 2 is 2.06 bits per heavy atom. The van der Waals surface area contributed by atoms with Crippen LogP contribution in [-0.2, 0) is 6.54 Å². The number of hydrogen-bond acceptors (Lipinski definition) is 3. The lowest BCUT2D eigenvalue weighted by Gasteiger charge is -2.08. The van der Waals surface area contributed by atoms with Gasteiger partial charge in [0, 0.05) is 24.6 Å². The maximum atomic E-state index is 4.35. The second kappa shape index (κ2) is 5.06. The SMILES string of the molecule is c1ccc(-n2ccnc2NCc2ccsc2)cc1. The molecule has 1 aromatic carbocycles. The average molecular weight is 255 g/mol. The smallest absolute Gasteiger partial charge is 0.207 e. The van der Waals surface area contributed by atoms with Crippen LogP contribution in [-0.4, -0.2) is 9.55 Å². The minimum absolute atomic E-state index is 0.799. The summed E-state index contributed by atoms with van der Waals surface area (Å²) in [5.74, 6) is 0.868. The number of rotatable bonds is 4. The van der Waals surface area contributed by atoms with E-state index in [1.54, 1.807) is 11.3 Å². The molecule has 0 aliphatic rings. The first-order valence-corrected chi connectivity index (χ1v) is 6.71. The molecule has 3 nitrogen and oxygen atoms in total. The zero-order valence-electron chi connectivity index (χ0n) is 9.78. The number of nitrogens with one attached hydrogen (secondary N) is 1. The standard InChI is InChI=1S/C14H13N3S/c1-2-4-13(5-3-1)17-8-7-15-14(17)16-10-12-6-9-18-11-12/h1-9,11H,10H2,(H,15,16). The van der Waals surface area contributed by atoms with Crippen molar-refractivity contribution in [3.63, 3.8) is 0 Å². The van der Waals surface area contributed by atoms with Gasteiger partial charge in [0.05, 0.1) is 0 Å².